The fourth-order valence-electron chi connectivity index (χ4n) is 4.07. The summed E-state index contributed by atoms with van der Waals surface area (Å²) in [5.41, 5.74) is 1.19. The molecule has 32 heavy (non-hydrogen) atoms. The maximum absolute atomic E-state index is 14.0. The highest BCUT2D eigenvalue weighted by atomic mass is 19.1. The summed E-state index contributed by atoms with van der Waals surface area (Å²) in [4.78, 5) is 19.2. The monoisotopic (exact) mass is 439 g/mol. The van der Waals surface area contributed by atoms with E-state index in [2.05, 4.69) is 10.1 Å². The largest absolute Gasteiger partial charge is 0.493 e. The molecule has 1 aromatic heterocycles. The summed E-state index contributed by atoms with van der Waals surface area (Å²) in [5, 5.41) is 3.92. The van der Waals surface area contributed by atoms with Crippen LogP contribution in [0, 0.1) is 11.7 Å². The van der Waals surface area contributed by atoms with Crippen LogP contribution in [-0.4, -0.2) is 48.3 Å². The molecule has 0 saturated carbocycles. The van der Waals surface area contributed by atoms with Crippen LogP contribution in [0.2, 0.25) is 0 Å². The van der Waals surface area contributed by atoms with E-state index in [9.17, 15) is 9.18 Å². The zero-order valence-corrected chi connectivity index (χ0v) is 18.2. The topological polar surface area (TPSA) is 77.7 Å². The highest BCUT2D eigenvalue weighted by molar-refractivity contribution is 5.79. The molecule has 0 N–H and O–H groups in total. The molecule has 3 aromatic rings. The number of hydrogen-bond acceptors (Lipinski definition) is 6. The van der Waals surface area contributed by atoms with Crippen LogP contribution >= 0.6 is 0 Å². The molecule has 7 nitrogen and oxygen atoms in total. The van der Waals surface area contributed by atoms with Crippen molar-refractivity contribution < 1.29 is 23.2 Å². The van der Waals surface area contributed by atoms with Crippen LogP contribution in [0.5, 0.6) is 11.5 Å². The summed E-state index contributed by atoms with van der Waals surface area (Å²) in [6, 6.07) is 11.9. The van der Waals surface area contributed by atoms with Crippen molar-refractivity contribution in [3.8, 4) is 22.9 Å². The number of likely N-dealkylation sites (tertiary alicyclic amines) is 1. The van der Waals surface area contributed by atoms with E-state index in [4.69, 9.17) is 14.0 Å². The van der Waals surface area contributed by atoms with Crippen LogP contribution in [0.1, 0.15) is 24.3 Å². The maximum Gasteiger partial charge on any atom is 0.227 e. The molecule has 1 aliphatic rings. The van der Waals surface area contributed by atoms with Crippen molar-refractivity contribution >= 4 is 5.91 Å². The van der Waals surface area contributed by atoms with Gasteiger partial charge in [-0.15, -0.1) is 0 Å². The fourth-order valence-corrected chi connectivity index (χ4v) is 4.07. The molecule has 0 bridgehead atoms. The van der Waals surface area contributed by atoms with E-state index in [1.807, 2.05) is 23.1 Å². The van der Waals surface area contributed by atoms with Gasteiger partial charge in [-0.1, -0.05) is 23.4 Å². The maximum atomic E-state index is 14.0. The predicted octanol–water partition coefficient (Wildman–Crippen LogP) is 3.92. The average molecular weight is 439 g/mol. The Balaban J connectivity index is 1.37. The Bertz CT molecular complexity index is 1080. The fraction of sp³-hybridized carbons (Fsp3) is 0.375. The van der Waals surface area contributed by atoms with Crippen LogP contribution in [0.25, 0.3) is 11.4 Å². The summed E-state index contributed by atoms with van der Waals surface area (Å²) in [5.74, 6) is 1.85. The number of methoxy groups -OCH3 is 2. The molecule has 0 radical (unpaired) electrons. The van der Waals surface area contributed by atoms with Crippen LogP contribution in [-0.2, 0) is 17.6 Å². The second kappa shape index (κ2) is 9.80. The van der Waals surface area contributed by atoms with Crippen LogP contribution in [0.3, 0.4) is 0 Å². The molecule has 0 spiro atoms. The molecule has 0 unspecified atom stereocenters. The molecule has 1 fully saturated rings. The first-order chi connectivity index (χ1) is 15.6. The quantitative estimate of drug-likeness (QED) is 0.555. The van der Waals surface area contributed by atoms with Crippen molar-refractivity contribution in [2.75, 3.05) is 27.3 Å². The van der Waals surface area contributed by atoms with Gasteiger partial charge in [0.15, 0.2) is 11.5 Å². The number of piperidine rings is 1. The van der Waals surface area contributed by atoms with Crippen molar-refractivity contribution in [2.45, 2.75) is 25.7 Å². The molecule has 1 saturated heterocycles. The van der Waals surface area contributed by atoms with E-state index in [1.165, 1.54) is 6.07 Å². The van der Waals surface area contributed by atoms with Gasteiger partial charge in [-0.2, -0.15) is 4.98 Å². The second-order valence-corrected chi connectivity index (χ2v) is 7.91. The summed E-state index contributed by atoms with van der Waals surface area (Å²) < 4.78 is 29.9. The third-order valence-corrected chi connectivity index (χ3v) is 5.72. The minimum absolute atomic E-state index is 0.0690. The first-order valence-electron chi connectivity index (χ1n) is 10.6. The van der Waals surface area contributed by atoms with Gasteiger partial charge in [0.05, 0.1) is 26.2 Å². The Labute approximate surface area is 186 Å². The van der Waals surface area contributed by atoms with E-state index in [1.54, 1.807) is 32.4 Å². The smallest absolute Gasteiger partial charge is 0.227 e. The van der Waals surface area contributed by atoms with Crippen molar-refractivity contribution in [1.29, 1.82) is 0 Å². The number of nitrogens with zero attached hydrogens (tertiary/aromatic N) is 3. The molecular formula is C24H26FN3O4. The SMILES string of the molecule is COc1ccc(CC(=O)N2CCC[C@@H](Cc3nc(-c4ccccc4F)no3)C2)cc1OC. The third-order valence-electron chi connectivity index (χ3n) is 5.72. The van der Waals surface area contributed by atoms with E-state index in [-0.39, 0.29) is 23.5 Å². The van der Waals surface area contributed by atoms with Gasteiger partial charge in [-0.3, -0.25) is 4.79 Å². The number of hydrogen-bond donors (Lipinski definition) is 0. The lowest BCUT2D eigenvalue weighted by Gasteiger charge is -2.32. The Morgan fingerprint density at radius 1 is 1.19 bits per heavy atom. The number of benzene rings is 2. The van der Waals surface area contributed by atoms with Crippen LogP contribution in [0.15, 0.2) is 47.0 Å². The minimum Gasteiger partial charge on any atom is -0.493 e. The highest BCUT2D eigenvalue weighted by Crippen LogP contribution is 2.28. The zero-order valence-electron chi connectivity index (χ0n) is 18.2. The molecular weight excluding hydrogens is 413 g/mol. The minimum atomic E-state index is -0.385. The zero-order chi connectivity index (χ0) is 22.5. The second-order valence-electron chi connectivity index (χ2n) is 7.91. The molecule has 0 aliphatic carbocycles. The van der Waals surface area contributed by atoms with E-state index in [0.717, 1.165) is 24.9 Å². The van der Waals surface area contributed by atoms with E-state index >= 15 is 0 Å². The number of ether oxygens (including phenoxy) is 2. The Morgan fingerprint density at radius 2 is 2.00 bits per heavy atom. The summed E-state index contributed by atoms with van der Waals surface area (Å²) in [6.45, 7) is 1.36. The van der Waals surface area contributed by atoms with Crippen molar-refractivity contribution in [3.05, 3.63) is 59.7 Å². The summed E-state index contributed by atoms with van der Waals surface area (Å²) >= 11 is 0. The van der Waals surface area contributed by atoms with Gasteiger partial charge in [0.2, 0.25) is 17.6 Å². The van der Waals surface area contributed by atoms with Crippen molar-refractivity contribution in [2.24, 2.45) is 5.92 Å². The molecule has 2 aromatic carbocycles. The van der Waals surface area contributed by atoms with Crippen molar-refractivity contribution in [1.82, 2.24) is 15.0 Å². The molecule has 1 aliphatic heterocycles. The van der Waals surface area contributed by atoms with E-state index < -0.39 is 0 Å². The first kappa shape index (κ1) is 21.8. The van der Waals surface area contributed by atoms with Crippen LogP contribution < -0.4 is 9.47 Å². The lowest BCUT2D eigenvalue weighted by Crippen LogP contribution is -2.41. The van der Waals surface area contributed by atoms with Crippen LogP contribution in [0.4, 0.5) is 4.39 Å². The molecule has 1 amide bonds. The Kier molecular flexibility index (Phi) is 6.68. The predicted molar refractivity (Wildman–Crippen MR) is 116 cm³/mol. The van der Waals surface area contributed by atoms with Gasteiger partial charge in [-0.05, 0) is 48.6 Å². The summed E-state index contributed by atoms with van der Waals surface area (Å²) in [6.07, 6.45) is 2.74. The van der Waals surface area contributed by atoms with E-state index in [0.29, 0.717) is 42.3 Å². The lowest BCUT2D eigenvalue weighted by atomic mass is 9.94. The number of amides is 1. The Hall–Kier alpha value is -3.42. The number of carbonyl (C=O) groups excluding carboxylic acids is 1. The molecule has 2 heterocycles. The highest BCUT2D eigenvalue weighted by Gasteiger charge is 2.26. The standard InChI is InChI=1S/C24H26FN3O4/c1-30-20-10-9-16(12-21(20)31-2)14-23(29)28-11-5-6-17(15-28)13-22-26-24(27-32-22)18-7-3-4-8-19(18)25/h3-4,7-10,12,17H,5-6,11,13-15H2,1-2H3/t17-/m0/s1. The van der Waals surface area contributed by atoms with Gasteiger partial charge >= 0.3 is 0 Å². The van der Waals surface area contributed by atoms with Gasteiger partial charge in [0.25, 0.3) is 0 Å². The number of rotatable bonds is 7. The number of halogens is 1. The molecule has 168 valence electrons. The number of carbonyl (C=O) groups is 1. The normalized spacial score (nSPS) is 16.1. The van der Waals surface area contributed by atoms with Gasteiger partial charge in [0, 0.05) is 19.5 Å². The van der Waals surface area contributed by atoms with Crippen molar-refractivity contribution in [3.63, 3.8) is 0 Å². The molecule has 4 rings (SSSR count). The van der Waals surface area contributed by atoms with Gasteiger partial charge < -0.3 is 18.9 Å². The molecule has 8 heteroatoms. The third kappa shape index (κ3) is 4.90. The van der Waals surface area contributed by atoms with Gasteiger partial charge in [0.1, 0.15) is 5.82 Å². The first-order valence-corrected chi connectivity index (χ1v) is 10.6. The molecule has 1 atom stereocenters. The Morgan fingerprint density at radius 3 is 2.78 bits per heavy atom. The number of aromatic nitrogens is 2. The van der Waals surface area contributed by atoms with Gasteiger partial charge in [-0.25, -0.2) is 4.39 Å². The average Bonchev–Trinajstić information content (AvgIpc) is 3.27. The summed E-state index contributed by atoms with van der Waals surface area (Å²) in [7, 11) is 3.16. The lowest BCUT2D eigenvalue weighted by molar-refractivity contribution is -0.132.